The summed E-state index contributed by atoms with van der Waals surface area (Å²) in [7, 11) is 0. The summed E-state index contributed by atoms with van der Waals surface area (Å²) in [4.78, 5) is 8.86. The van der Waals surface area contributed by atoms with Gasteiger partial charge in [0.1, 0.15) is 0 Å². The molecule has 3 rings (SSSR count). The number of aromatic nitrogens is 1. The SMILES string of the molecule is Fc1c(CCl)ccnc1N1CCC(N2CCCCC2)C1. The first kappa shape index (κ1) is 14.1. The van der Waals surface area contributed by atoms with Gasteiger partial charge in [0, 0.05) is 30.9 Å². The predicted octanol–water partition coefficient (Wildman–Crippen LogP) is 3.02. The fourth-order valence-corrected chi connectivity index (χ4v) is 3.52. The van der Waals surface area contributed by atoms with Gasteiger partial charge in [-0.15, -0.1) is 11.6 Å². The van der Waals surface area contributed by atoms with Crippen molar-refractivity contribution in [2.24, 2.45) is 0 Å². The van der Waals surface area contributed by atoms with Crippen molar-refractivity contribution in [3.05, 3.63) is 23.6 Å². The van der Waals surface area contributed by atoms with Gasteiger partial charge in [-0.1, -0.05) is 6.42 Å². The second-order valence-electron chi connectivity index (χ2n) is 5.73. The first-order chi connectivity index (χ1) is 9.79. The molecule has 2 aliphatic rings. The van der Waals surface area contributed by atoms with Crippen LogP contribution >= 0.6 is 11.6 Å². The first-order valence-corrected chi connectivity index (χ1v) is 8.01. The van der Waals surface area contributed by atoms with Crippen molar-refractivity contribution >= 4 is 17.4 Å². The number of hydrogen-bond donors (Lipinski definition) is 0. The van der Waals surface area contributed by atoms with E-state index in [0.717, 1.165) is 19.5 Å². The van der Waals surface area contributed by atoms with E-state index < -0.39 is 0 Å². The number of alkyl halides is 1. The van der Waals surface area contributed by atoms with Crippen LogP contribution in [-0.4, -0.2) is 42.1 Å². The van der Waals surface area contributed by atoms with Crippen LogP contribution in [0.3, 0.4) is 0 Å². The molecule has 0 aromatic carbocycles. The third kappa shape index (κ3) is 2.77. The molecule has 1 aromatic heterocycles. The molecule has 0 saturated carbocycles. The monoisotopic (exact) mass is 297 g/mol. The molecule has 0 amide bonds. The molecule has 0 aliphatic carbocycles. The minimum Gasteiger partial charge on any atom is -0.353 e. The highest BCUT2D eigenvalue weighted by Crippen LogP contribution is 2.27. The number of anilines is 1. The maximum Gasteiger partial charge on any atom is 0.170 e. The lowest BCUT2D eigenvalue weighted by Crippen LogP contribution is -2.41. The van der Waals surface area contributed by atoms with E-state index in [1.165, 1.54) is 32.4 Å². The normalized spacial score (nSPS) is 24.3. The highest BCUT2D eigenvalue weighted by atomic mass is 35.5. The molecule has 3 nitrogen and oxygen atoms in total. The summed E-state index contributed by atoms with van der Waals surface area (Å²) in [6.07, 6.45) is 6.70. The van der Waals surface area contributed by atoms with Crippen LogP contribution in [0.25, 0.3) is 0 Å². The molecule has 1 atom stereocenters. The first-order valence-electron chi connectivity index (χ1n) is 7.48. The summed E-state index contributed by atoms with van der Waals surface area (Å²) in [5.41, 5.74) is 0.540. The Morgan fingerprint density at radius 2 is 2.05 bits per heavy atom. The van der Waals surface area contributed by atoms with Crippen molar-refractivity contribution in [1.29, 1.82) is 0 Å². The Morgan fingerprint density at radius 3 is 2.80 bits per heavy atom. The zero-order valence-electron chi connectivity index (χ0n) is 11.7. The van der Waals surface area contributed by atoms with Gasteiger partial charge in [-0.25, -0.2) is 9.37 Å². The Balaban J connectivity index is 1.70. The highest BCUT2D eigenvalue weighted by molar-refractivity contribution is 6.17. The summed E-state index contributed by atoms with van der Waals surface area (Å²) < 4.78 is 14.3. The second-order valence-corrected chi connectivity index (χ2v) is 5.99. The lowest BCUT2D eigenvalue weighted by atomic mass is 10.1. The number of rotatable bonds is 3. The Bertz CT molecular complexity index is 462. The van der Waals surface area contributed by atoms with Crippen LogP contribution in [0.5, 0.6) is 0 Å². The average molecular weight is 298 g/mol. The summed E-state index contributed by atoms with van der Waals surface area (Å²) in [5, 5.41) is 0. The Morgan fingerprint density at radius 1 is 1.25 bits per heavy atom. The largest absolute Gasteiger partial charge is 0.353 e. The van der Waals surface area contributed by atoms with Gasteiger partial charge in [-0.2, -0.15) is 0 Å². The third-order valence-corrected chi connectivity index (χ3v) is 4.75. The number of hydrogen-bond acceptors (Lipinski definition) is 3. The van der Waals surface area contributed by atoms with Gasteiger partial charge >= 0.3 is 0 Å². The van der Waals surface area contributed by atoms with Crippen LogP contribution in [0.4, 0.5) is 10.2 Å². The van der Waals surface area contributed by atoms with Gasteiger partial charge in [0.25, 0.3) is 0 Å². The van der Waals surface area contributed by atoms with E-state index in [4.69, 9.17) is 11.6 Å². The number of likely N-dealkylation sites (tertiary alicyclic amines) is 1. The van der Waals surface area contributed by atoms with Gasteiger partial charge in [0.05, 0.1) is 5.88 Å². The third-order valence-electron chi connectivity index (χ3n) is 4.46. The fourth-order valence-electron chi connectivity index (χ4n) is 3.31. The van der Waals surface area contributed by atoms with E-state index in [1.807, 2.05) is 0 Å². The summed E-state index contributed by atoms with van der Waals surface area (Å²) >= 11 is 5.77. The van der Waals surface area contributed by atoms with Crippen LogP contribution in [0.1, 0.15) is 31.2 Å². The molecular weight excluding hydrogens is 277 g/mol. The van der Waals surface area contributed by atoms with Crippen LogP contribution in [0.2, 0.25) is 0 Å². The molecule has 3 heterocycles. The van der Waals surface area contributed by atoms with E-state index >= 15 is 0 Å². The standard InChI is InChI=1S/C15H21ClFN3/c16-10-12-4-6-18-15(14(12)17)20-9-5-13(11-20)19-7-2-1-3-8-19/h4,6,13H,1-3,5,7-11H2. The van der Waals surface area contributed by atoms with Gasteiger partial charge in [0.15, 0.2) is 11.6 Å². The quantitative estimate of drug-likeness (QED) is 0.800. The van der Waals surface area contributed by atoms with Crippen molar-refractivity contribution in [3.63, 3.8) is 0 Å². The summed E-state index contributed by atoms with van der Waals surface area (Å²) in [5.74, 6) is 0.425. The molecule has 0 N–H and O–H groups in total. The maximum absolute atomic E-state index is 14.3. The number of halogens is 2. The minimum atomic E-state index is -0.248. The van der Waals surface area contributed by atoms with Gasteiger partial charge in [-0.3, -0.25) is 4.90 Å². The summed E-state index contributed by atoms with van der Waals surface area (Å²) in [6.45, 7) is 4.15. The van der Waals surface area contributed by atoms with Gasteiger partial charge < -0.3 is 4.90 Å². The van der Waals surface area contributed by atoms with Crippen molar-refractivity contribution in [3.8, 4) is 0 Å². The zero-order chi connectivity index (χ0) is 13.9. The molecule has 20 heavy (non-hydrogen) atoms. The number of nitrogens with zero attached hydrogens (tertiary/aromatic N) is 3. The lowest BCUT2D eigenvalue weighted by Gasteiger charge is -2.32. The Hall–Kier alpha value is -0.870. The topological polar surface area (TPSA) is 19.4 Å². The number of pyridine rings is 1. The second kappa shape index (κ2) is 6.27. The minimum absolute atomic E-state index is 0.199. The smallest absolute Gasteiger partial charge is 0.170 e. The predicted molar refractivity (Wildman–Crippen MR) is 79.8 cm³/mol. The molecule has 0 radical (unpaired) electrons. The molecule has 2 saturated heterocycles. The molecule has 1 unspecified atom stereocenters. The molecule has 2 aliphatic heterocycles. The molecule has 110 valence electrons. The van der Waals surface area contributed by atoms with Crippen molar-refractivity contribution in [2.45, 2.75) is 37.6 Å². The molecular formula is C15H21ClFN3. The highest BCUT2D eigenvalue weighted by Gasteiger charge is 2.30. The molecule has 0 bridgehead atoms. The van der Waals surface area contributed by atoms with Crippen LogP contribution in [0.15, 0.2) is 12.3 Å². The fraction of sp³-hybridized carbons (Fsp3) is 0.667. The zero-order valence-corrected chi connectivity index (χ0v) is 12.4. The van der Waals surface area contributed by atoms with Gasteiger partial charge in [-0.05, 0) is 38.4 Å². The van der Waals surface area contributed by atoms with E-state index in [-0.39, 0.29) is 11.7 Å². The molecule has 0 spiro atoms. The van der Waals surface area contributed by atoms with Crippen LogP contribution in [-0.2, 0) is 5.88 Å². The molecule has 2 fully saturated rings. The van der Waals surface area contributed by atoms with E-state index in [0.29, 0.717) is 17.4 Å². The Labute approximate surface area is 124 Å². The number of piperidine rings is 1. The van der Waals surface area contributed by atoms with Crippen molar-refractivity contribution < 1.29 is 4.39 Å². The maximum atomic E-state index is 14.3. The van der Waals surface area contributed by atoms with E-state index in [1.54, 1.807) is 12.3 Å². The average Bonchev–Trinajstić information content (AvgIpc) is 2.98. The van der Waals surface area contributed by atoms with E-state index in [2.05, 4.69) is 14.8 Å². The lowest BCUT2D eigenvalue weighted by molar-refractivity contribution is 0.174. The summed E-state index contributed by atoms with van der Waals surface area (Å²) in [6, 6.07) is 2.21. The van der Waals surface area contributed by atoms with Crippen LogP contribution in [0, 0.1) is 5.82 Å². The Kier molecular flexibility index (Phi) is 4.41. The molecule has 5 heteroatoms. The van der Waals surface area contributed by atoms with Crippen molar-refractivity contribution in [2.75, 3.05) is 31.1 Å². The molecule has 1 aromatic rings. The van der Waals surface area contributed by atoms with Crippen molar-refractivity contribution in [1.82, 2.24) is 9.88 Å². The van der Waals surface area contributed by atoms with E-state index in [9.17, 15) is 4.39 Å². The van der Waals surface area contributed by atoms with Crippen LogP contribution < -0.4 is 4.90 Å². The van der Waals surface area contributed by atoms with Gasteiger partial charge in [0.2, 0.25) is 0 Å².